The molecule has 1 heteroatoms. The Morgan fingerprint density at radius 3 is 2.56 bits per heavy atom. The Balaban J connectivity index is 2.06. The summed E-state index contributed by atoms with van der Waals surface area (Å²) in [5.41, 5.74) is 3.74. The molecule has 0 radical (unpaired) electrons. The molecule has 0 bridgehead atoms. The summed E-state index contributed by atoms with van der Waals surface area (Å²) in [5, 5.41) is 0. The van der Waals surface area contributed by atoms with Gasteiger partial charge in [0.1, 0.15) is 0 Å². The molecule has 1 nitrogen and oxygen atoms in total. The molecule has 0 unspecified atom stereocenters. The Kier molecular flexibility index (Phi) is 4.48. The van der Waals surface area contributed by atoms with Crippen molar-refractivity contribution in [3.63, 3.8) is 0 Å². The summed E-state index contributed by atoms with van der Waals surface area (Å²) >= 11 is 0. The quantitative estimate of drug-likeness (QED) is 0.717. The monoisotopic (exact) mass is 235 g/mol. The lowest BCUT2D eigenvalue weighted by Gasteiger charge is -2.00. The van der Waals surface area contributed by atoms with E-state index in [1.807, 2.05) is 36.7 Å². The summed E-state index contributed by atoms with van der Waals surface area (Å²) in [6, 6.07) is 12.3. The van der Waals surface area contributed by atoms with E-state index in [0.717, 1.165) is 6.42 Å². The molecule has 0 aliphatic heterocycles. The Morgan fingerprint density at radius 2 is 1.78 bits per heavy atom. The van der Waals surface area contributed by atoms with E-state index in [-0.39, 0.29) is 0 Å². The van der Waals surface area contributed by atoms with Crippen LogP contribution in [-0.4, -0.2) is 4.98 Å². The summed E-state index contributed by atoms with van der Waals surface area (Å²) in [6.07, 6.45) is 13.1. The Bertz CT molecular complexity index is 539. The molecule has 0 saturated heterocycles. The zero-order valence-electron chi connectivity index (χ0n) is 10.6. The highest BCUT2D eigenvalue weighted by molar-refractivity contribution is 5.58. The minimum absolute atomic E-state index is 1.01. The van der Waals surface area contributed by atoms with E-state index in [1.165, 1.54) is 16.7 Å². The van der Waals surface area contributed by atoms with Crippen molar-refractivity contribution in [3.05, 3.63) is 77.6 Å². The fourth-order valence-electron chi connectivity index (χ4n) is 1.79. The first-order chi connectivity index (χ1) is 8.90. The van der Waals surface area contributed by atoms with Crippen LogP contribution in [0.4, 0.5) is 0 Å². The number of hydrogen-bond donors (Lipinski definition) is 0. The number of benzene rings is 1. The van der Waals surface area contributed by atoms with Crippen molar-refractivity contribution in [2.45, 2.75) is 13.3 Å². The molecule has 1 aromatic carbocycles. The van der Waals surface area contributed by atoms with Gasteiger partial charge < -0.3 is 0 Å². The SMILES string of the molecule is CCc1cnccc1/C=C/C=C/c1ccccc1. The van der Waals surface area contributed by atoms with Crippen LogP contribution >= 0.6 is 0 Å². The van der Waals surface area contributed by atoms with Crippen molar-refractivity contribution >= 4 is 12.2 Å². The Hall–Kier alpha value is -2.15. The van der Waals surface area contributed by atoms with Crippen molar-refractivity contribution in [3.8, 4) is 0 Å². The molecule has 0 atom stereocenters. The Morgan fingerprint density at radius 1 is 1.00 bits per heavy atom. The molecule has 1 aromatic heterocycles. The molecule has 2 aromatic rings. The zero-order valence-corrected chi connectivity index (χ0v) is 10.6. The molecular weight excluding hydrogens is 218 g/mol. The summed E-state index contributed by atoms with van der Waals surface area (Å²) in [5.74, 6) is 0. The van der Waals surface area contributed by atoms with Gasteiger partial charge in [0.2, 0.25) is 0 Å². The summed E-state index contributed by atoms with van der Waals surface area (Å²) in [6.45, 7) is 2.15. The van der Waals surface area contributed by atoms with Crippen LogP contribution in [0.1, 0.15) is 23.6 Å². The molecule has 0 N–H and O–H groups in total. The second kappa shape index (κ2) is 6.55. The van der Waals surface area contributed by atoms with Crippen molar-refractivity contribution in [2.75, 3.05) is 0 Å². The van der Waals surface area contributed by atoms with Crippen LogP contribution in [0.25, 0.3) is 12.2 Å². The van der Waals surface area contributed by atoms with Gasteiger partial charge in [-0.05, 0) is 29.2 Å². The van der Waals surface area contributed by atoms with E-state index in [9.17, 15) is 0 Å². The lowest BCUT2D eigenvalue weighted by Crippen LogP contribution is -1.86. The Labute approximate surface area is 109 Å². The van der Waals surface area contributed by atoms with Crippen LogP contribution in [-0.2, 0) is 6.42 Å². The molecule has 2 rings (SSSR count). The third-order valence-electron chi connectivity index (χ3n) is 2.80. The van der Waals surface area contributed by atoms with E-state index in [1.54, 1.807) is 0 Å². The molecule has 0 saturated carbocycles. The molecule has 0 fully saturated rings. The van der Waals surface area contributed by atoms with E-state index in [0.29, 0.717) is 0 Å². The molecule has 1 heterocycles. The number of pyridine rings is 1. The molecule has 90 valence electrons. The molecule has 18 heavy (non-hydrogen) atoms. The first kappa shape index (κ1) is 12.3. The van der Waals surface area contributed by atoms with E-state index in [4.69, 9.17) is 0 Å². The van der Waals surface area contributed by atoms with Crippen LogP contribution < -0.4 is 0 Å². The predicted octanol–water partition coefficient (Wildman–Crippen LogP) is 4.37. The second-order valence-corrected chi connectivity index (χ2v) is 4.06. The van der Waals surface area contributed by atoms with Crippen LogP contribution in [0.5, 0.6) is 0 Å². The first-order valence-corrected chi connectivity index (χ1v) is 6.23. The van der Waals surface area contributed by atoms with Gasteiger partial charge in [0.15, 0.2) is 0 Å². The number of allylic oxidation sites excluding steroid dienone is 2. The molecule has 0 spiro atoms. The normalized spacial score (nSPS) is 11.4. The van der Waals surface area contributed by atoms with Gasteiger partial charge >= 0.3 is 0 Å². The number of nitrogens with zero attached hydrogens (tertiary/aromatic N) is 1. The predicted molar refractivity (Wildman–Crippen MR) is 78.1 cm³/mol. The smallest absolute Gasteiger partial charge is 0.0305 e. The minimum atomic E-state index is 1.01. The highest BCUT2D eigenvalue weighted by Gasteiger charge is 1.94. The summed E-state index contributed by atoms with van der Waals surface area (Å²) < 4.78 is 0. The number of rotatable bonds is 4. The van der Waals surface area contributed by atoms with Crippen molar-refractivity contribution in [1.82, 2.24) is 4.98 Å². The summed E-state index contributed by atoms with van der Waals surface area (Å²) in [7, 11) is 0. The third-order valence-corrected chi connectivity index (χ3v) is 2.80. The van der Waals surface area contributed by atoms with Gasteiger partial charge in [-0.1, -0.05) is 61.6 Å². The lowest BCUT2D eigenvalue weighted by atomic mass is 10.1. The van der Waals surface area contributed by atoms with Gasteiger partial charge in [-0.2, -0.15) is 0 Å². The molecule has 0 aliphatic rings. The molecule has 0 aliphatic carbocycles. The van der Waals surface area contributed by atoms with E-state index < -0.39 is 0 Å². The van der Waals surface area contributed by atoms with Gasteiger partial charge in [-0.3, -0.25) is 4.98 Å². The van der Waals surface area contributed by atoms with Crippen molar-refractivity contribution < 1.29 is 0 Å². The zero-order chi connectivity index (χ0) is 12.6. The number of aryl methyl sites for hydroxylation is 1. The number of hydrogen-bond acceptors (Lipinski definition) is 1. The van der Waals surface area contributed by atoms with Crippen molar-refractivity contribution in [1.29, 1.82) is 0 Å². The van der Waals surface area contributed by atoms with E-state index in [2.05, 4.69) is 48.3 Å². The van der Waals surface area contributed by atoms with Gasteiger partial charge in [0, 0.05) is 12.4 Å². The van der Waals surface area contributed by atoms with Crippen LogP contribution in [0.2, 0.25) is 0 Å². The maximum Gasteiger partial charge on any atom is 0.0305 e. The maximum absolute atomic E-state index is 4.14. The molecule has 0 amide bonds. The van der Waals surface area contributed by atoms with Crippen molar-refractivity contribution in [2.24, 2.45) is 0 Å². The van der Waals surface area contributed by atoms with Gasteiger partial charge in [0.25, 0.3) is 0 Å². The van der Waals surface area contributed by atoms with Crippen LogP contribution in [0.15, 0.2) is 60.9 Å². The highest BCUT2D eigenvalue weighted by atomic mass is 14.6. The fourth-order valence-corrected chi connectivity index (χ4v) is 1.79. The second-order valence-electron chi connectivity index (χ2n) is 4.06. The van der Waals surface area contributed by atoms with E-state index >= 15 is 0 Å². The summed E-state index contributed by atoms with van der Waals surface area (Å²) in [4.78, 5) is 4.14. The van der Waals surface area contributed by atoms with Crippen LogP contribution in [0.3, 0.4) is 0 Å². The highest BCUT2D eigenvalue weighted by Crippen LogP contribution is 2.10. The largest absolute Gasteiger partial charge is 0.264 e. The maximum atomic E-state index is 4.14. The number of aromatic nitrogens is 1. The van der Waals surface area contributed by atoms with Crippen LogP contribution in [0, 0.1) is 0 Å². The van der Waals surface area contributed by atoms with Gasteiger partial charge in [-0.15, -0.1) is 0 Å². The minimum Gasteiger partial charge on any atom is -0.264 e. The van der Waals surface area contributed by atoms with Gasteiger partial charge in [-0.25, -0.2) is 0 Å². The lowest BCUT2D eigenvalue weighted by molar-refractivity contribution is 1.10. The topological polar surface area (TPSA) is 12.9 Å². The third kappa shape index (κ3) is 3.42. The molecular formula is C17H17N. The standard InChI is InChI=1S/C17H17N/c1-2-16-14-18-13-12-17(16)11-7-6-10-15-8-4-3-5-9-15/h3-14H,2H2,1H3/b10-6+,11-7+. The van der Waals surface area contributed by atoms with Gasteiger partial charge in [0.05, 0.1) is 0 Å². The first-order valence-electron chi connectivity index (χ1n) is 6.23. The average molecular weight is 235 g/mol. The fraction of sp³-hybridized carbons (Fsp3) is 0.118. The average Bonchev–Trinajstić information content (AvgIpc) is 2.45.